The van der Waals surface area contributed by atoms with Gasteiger partial charge in [0.25, 0.3) is 5.56 Å². The third kappa shape index (κ3) is 2.03. The Labute approximate surface area is 118 Å². The van der Waals surface area contributed by atoms with E-state index in [-0.39, 0.29) is 5.56 Å². The fraction of sp³-hybridized carbons (Fsp3) is 0.167. The van der Waals surface area contributed by atoms with Gasteiger partial charge in [0.05, 0.1) is 5.52 Å². The van der Waals surface area contributed by atoms with Gasteiger partial charge in [0, 0.05) is 24.4 Å². The molecule has 0 amide bonds. The summed E-state index contributed by atoms with van der Waals surface area (Å²) in [6, 6.07) is 18.2. The predicted octanol–water partition coefficient (Wildman–Crippen LogP) is 3.44. The zero-order chi connectivity index (χ0) is 14.1. The number of hydrogen-bond acceptors (Lipinski definition) is 1. The van der Waals surface area contributed by atoms with Crippen LogP contribution in [0.4, 0.5) is 0 Å². The lowest BCUT2D eigenvalue weighted by molar-refractivity contribution is 0.876. The number of aryl methyl sites for hydroxylation is 2. The molecule has 2 aromatic carbocycles. The predicted molar refractivity (Wildman–Crippen MR) is 83.2 cm³/mol. The molecule has 0 radical (unpaired) electrons. The summed E-state index contributed by atoms with van der Waals surface area (Å²) in [5, 5.41) is 1.15. The van der Waals surface area contributed by atoms with Crippen LogP contribution in [0.25, 0.3) is 10.9 Å². The Kier molecular flexibility index (Phi) is 3.15. The van der Waals surface area contributed by atoms with Gasteiger partial charge in [-0.2, -0.15) is 0 Å². The molecule has 0 aliphatic heterocycles. The maximum absolute atomic E-state index is 12.6. The molecule has 0 bridgehead atoms. The second kappa shape index (κ2) is 4.97. The number of rotatable bonds is 2. The van der Waals surface area contributed by atoms with Gasteiger partial charge >= 0.3 is 0 Å². The van der Waals surface area contributed by atoms with E-state index in [1.165, 1.54) is 5.56 Å². The lowest BCUT2D eigenvalue weighted by atomic mass is 9.98. The van der Waals surface area contributed by atoms with Crippen molar-refractivity contribution in [1.29, 1.82) is 0 Å². The molecule has 2 heteroatoms. The Morgan fingerprint density at radius 3 is 2.35 bits per heavy atom. The van der Waals surface area contributed by atoms with Gasteiger partial charge in [-0.3, -0.25) is 4.79 Å². The summed E-state index contributed by atoms with van der Waals surface area (Å²) < 4.78 is 1.75. The Morgan fingerprint density at radius 1 is 0.950 bits per heavy atom. The van der Waals surface area contributed by atoms with Crippen LogP contribution >= 0.6 is 0 Å². The average Bonchev–Trinajstić information content (AvgIpc) is 2.50. The minimum Gasteiger partial charge on any atom is -0.311 e. The molecule has 0 aliphatic carbocycles. The molecule has 0 atom stereocenters. The Bertz CT molecular complexity index is 816. The van der Waals surface area contributed by atoms with E-state index in [9.17, 15) is 4.79 Å². The number of fused-ring (bicyclic) bond motifs is 1. The Balaban J connectivity index is 2.23. The van der Waals surface area contributed by atoms with Crippen molar-refractivity contribution in [1.82, 2.24) is 4.57 Å². The van der Waals surface area contributed by atoms with E-state index in [0.29, 0.717) is 6.42 Å². The molecule has 0 saturated carbocycles. The molecule has 0 fully saturated rings. The van der Waals surface area contributed by atoms with E-state index in [1.807, 2.05) is 50.4 Å². The third-order valence-corrected chi connectivity index (χ3v) is 3.91. The first kappa shape index (κ1) is 12.7. The quantitative estimate of drug-likeness (QED) is 0.694. The van der Waals surface area contributed by atoms with E-state index in [4.69, 9.17) is 0 Å². The SMILES string of the molecule is Cc1c(Cc2ccccc2)c(=O)n(C)c2ccccc12. The summed E-state index contributed by atoms with van der Waals surface area (Å²) in [5.41, 5.74) is 4.24. The molecule has 0 unspecified atom stereocenters. The molecule has 0 saturated heterocycles. The zero-order valence-electron chi connectivity index (χ0n) is 11.8. The molecule has 3 rings (SSSR count). The monoisotopic (exact) mass is 263 g/mol. The second-order valence-corrected chi connectivity index (χ2v) is 5.15. The van der Waals surface area contributed by atoms with Crippen LogP contribution in [-0.4, -0.2) is 4.57 Å². The van der Waals surface area contributed by atoms with Crippen LogP contribution in [0, 0.1) is 6.92 Å². The Morgan fingerprint density at radius 2 is 1.60 bits per heavy atom. The smallest absolute Gasteiger partial charge is 0.254 e. The first-order valence-electron chi connectivity index (χ1n) is 6.79. The summed E-state index contributed by atoms with van der Waals surface area (Å²) >= 11 is 0. The maximum atomic E-state index is 12.6. The highest BCUT2D eigenvalue weighted by atomic mass is 16.1. The molecular formula is C18H17NO. The van der Waals surface area contributed by atoms with E-state index >= 15 is 0 Å². The summed E-state index contributed by atoms with van der Waals surface area (Å²) in [4.78, 5) is 12.6. The molecule has 0 N–H and O–H groups in total. The molecule has 0 spiro atoms. The summed E-state index contributed by atoms with van der Waals surface area (Å²) in [6.45, 7) is 2.04. The van der Waals surface area contributed by atoms with Crippen LogP contribution in [0.5, 0.6) is 0 Å². The van der Waals surface area contributed by atoms with Crippen molar-refractivity contribution < 1.29 is 0 Å². The molecule has 1 aromatic heterocycles. The fourth-order valence-corrected chi connectivity index (χ4v) is 2.73. The lowest BCUT2D eigenvalue weighted by Crippen LogP contribution is -2.23. The highest BCUT2D eigenvalue weighted by Gasteiger charge is 2.11. The molecule has 100 valence electrons. The number of nitrogens with zero attached hydrogens (tertiary/aromatic N) is 1. The minimum absolute atomic E-state index is 0.102. The number of aromatic nitrogens is 1. The van der Waals surface area contributed by atoms with Crippen LogP contribution in [0.2, 0.25) is 0 Å². The summed E-state index contributed by atoms with van der Waals surface area (Å²) in [7, 11) is 1.85. The summed E-state index contributed by atoms with van der Waals surface area (Å²) in [5.74, 6) is 0. The first-order chi connectivity index (χ1) is 9.68. The van der Waals surface area contributed by atoms with Crippen molar-refractivity contribution in [3.05, 3.63) is 81.6 Å². The average molecular weight is 263 g/mol. The van der Waals surface area contributed by atoms with Gasteiger partial charge in [0.2, 0.25) is 0 Å². The fourth-order valence-electron chi connectivity index (χ4n) is 2.73. The number of benzene rings is 2. The van der Waals surface area contributed by atoms with E-state index in [2.05, 4.69) is 18.2 Å². The van der Waals surface area contributed by atoms with Crippen LogP contribution in [0.15, 0.2) is 59.4 Å². The maximum Gasteiger partial charge on any atom is 0.254 e. The van der Waals surface area contributed by atoms with Crippen LogP contribution in [0.3, 0.4) is 0 Å². The normalized spacial score (nSPS) is 10.9. The van der Waals surface area contributed by atoms with Crippen molar-refractivity contribution >= 4 is 10.9 Å². The van der Waals surface area contributed by atoms with E-state index < -0.39 is 0 Å². The molecule has 1 heterocycles. The third-order valence-electron chi connectivity index (χ3n) is 3.91. The van der Waals surface area contributed by atoms with Crippen molar-refractivity contribution in [3.63, 3.8) is 0 Å². The molecule has 3 aromatic rings. The topological polar surface area (TPSA) is 22.0 Å². The van der Waals surface area contributed by atoms with Gasteiger partial charge in [-0.05, 0) is 24.1 Å². The van der Waals surface area contributed by atoms with Crippen molar-refractivity contribution in [2.75, 3.05) is 0 Å². The molecule has 20 heavy (non-hydrogen) atoms. The standard InChI is InChI=1S/C18H17NO/c1-13-15-10-6-7-11-17(15)19(2)18(20)16(13)12-14-8-4-3-5-9-14/h3-11H,12H2,1-2H3. The highest BCUT2D eigenvalue weighted by molar-refractivity contribution is 5.83. The van der Waals surface area contributed by atoms with Gasteiger partial charge in [-0.25, -0.2) is 0 Å². The summed E-state index contributed by atoms with van der Waals surface area (Å²) in [6.07, 6.45) is 0.685. The van der Waals surface area contributed by atoms with Gasteiger partial charge in [0.15, 0.2) is 0 Å². The molecule has 2 nitrogen and oxygen atoms in total. The van der Waals surface area contributed by atoms with E-state index in [1.54, 1.807) is 4.57 Å². The zero-order valence-corrected chi connectivity index (χ0v) is 11.8. The van der Waals surface area contributed by atoms with Crippen LogP contribution in [0.1, 0.15) is 16.7 Å². The van der Waals surface area contributed by atoms with Gasteiger partial charge in [-0.1, -0.05) is 48.5 Å². The van der Waals surface area contributed by atoms with Crippen molar-refractivity contribution in [2.45, 2.75) is 13.3 Å². The number of hydrogen-bond donors (Lipinski definition) is 0. The van der Waals surface area contributed by atoms with E-state index in [0.717, 1.165) is 22.0 Å². The molecular weight excluding hydrogens is 246 g/mol. The number of para-hydroxylation sites is 1. The lowest BCUT2D eigenvalue weighted by Gasteiger charge is -2.13. The number of pyridine rings is 1. The van der Waals surface area contributed by atoms with Crippen LogP contribution < -0.4 is 5.56 Å². The van der Waals surface area contributed by atoms with Crippen molar-refractivity contribution in [3.8, 4) is 0 Å². The second-order valence-electron chi connectivity index (χ2n) is 5.15. The Hall–Kier alpha value is -2.35. The van der Waals surface area contributed by atoms with Gasteiger partial charge in [0.1, 0.15) is 0 Å². The van der Waals surface area contributed by atoms with Gasteiger partial charge < -0.3 is 4.57 Å². The van der Waals surface area contributed by atoms with Gasteiger partial charge in [-0.15, -0.1) is 0 Å². The van der Waals surface area contributed by atoms with Crippen molar-refractivity contribution in [2.24, 2.45) is 7.05 Å². The minimum atomic E-state index is 0.102. The van der Waals surface area contributed by atoms with Crippen LogP contribution in [-0.2, 0) is 13.5 Å². The highest BCUT2D eigenvalue weighted by Crippen LogP contribution is 2.20. The first-order valence-corrected chi connectivity index (χ1v) is 6.79. The largest absolute Gasteiger partial charge is 0.311 e. The molecule has 0 aliphatic rings.